The maximum absolute atomic E-state index is 12.1. The molecule has 132 valence electrons. The summed E-state index contributed by atoms with van der Waals surface area (Å²) in [4.78, 5) is 34.7. The molecule has 0 unspecified atom stereocenters. The number of carbonyl (C=O) groups is 3. The Labute approximate surface area is 147 Å². The Morgan fingerprint density at radius 1 is 1.04 bits per heavy atom. The average molecular weight is 355 g/mol. The first-order valence-corrected chi connectivity index (χ1v) is 7.76. The van der Waals surface area contributed by atoms with E-state index in [2.05, 4.69) is 16.0 Å². The van der Waals surface area contributed by atoms with Crippen LogP contribution in [0.2, 0.25) is 0 Å². The summed E-state index contributed by atoms with van der Waals surface area (Å²) < 4.78 is 0. The highest BCUT2D eigenvalue weighted by atomic mass is 35.5. The van der Waals surface area contributed by atoms with E-state index in [9.17, 15) is 14.4 Å². The van der Waals surface area contributed by atoms with E-state index in [0.29, 0.717) is 11.3 Å². The van der Waals surface area contributed by atoms with Crippen molar-refractivity contribution in [2.24, 2.45) is 5.73 Å². The number of hydrogen-bond acceptors (Lipinski definition) is 4. The van der Waals surface area contributed by atoms with Gasteiger partial charge in [0.05, 0.1) is 13.1 Å². The highest BCUT2D eigenvalue weighted by Crippen LogP contribution is 2.18. The third-order valence-electron chi connectivity index (χ3n) is 3.75. The first kappa shape index (κ1) is 19.9. The number of rotatable bonds is 6. The lowest BCUT2D eigenvalue weighted by molar-refractivity contribution is -0.123. The highest BCUT2D eigenvalue weighted by Gasteiger charge is 2.17. The molecule has 0 saturated heterocycles. The Hall–Kier alpha value is -2.12. The van der Waals surface area contributed by atoms with Gasteiger partial charge >= 0.3 is 0 Å². The van der Waals surface area contributed by atoms with Gasteiger partial charge in [-0.1, -0.05) is 12.8 Å². The number of nitrogens with two attached hydrogens (primary N) is 1. The molecule has 1 aromatic carbocycles. The van der Waals surface area contributed by atoms with Crippen LogP contribution in [0.5, 0.6) is 0 Å². The van der Waals surface area contributed by atoms with Gasteiger partial charge in [-0.05, 0) is 37.1 Å². The number of benzene rings is 1. The third-order valence-corrected chi connectivity index (χ3v) is 3.75. The van der Waals surface area contributed by atoms with Gasteiger partial charge in [-0.3, -0.25) is 14.4 Å². The lowest BCUT2D eigenvalue weighted by atomic mass is 10.1. The van der Waals surface area contributed by atoms with Crippen LogP contribution in [-0.2, 0) is 9.59 Å². The molecular weight excluding hydrogens is 332 g/mol. The molecule has 0 aromatic heterocycles. The first-order valence-electron chi connectivity index (χ1n) is 7.76. The molecule has 1 aliphatic rings. The van der Waals surface area contributed by atoms with Crippen LogP contribution in [0.4, 0.5) is 5.69 Å². The van der Waals surface area contributed by atoms with Gasteiger partial charge in [-0.25, -0.2) is 0 Å². The second kappa shape index (κ2) is 9.89. The number of anilines is 1. The lowest BCUT2D eigenvalue weighted by Crippen LogP contribution is -2.36. The molecule has 24 heavy (non-hydrogen) atoms. The van der Waals surface area contributed by atoms with Crippen LogP contribution in [-0.4, -0.2) is 36.9 Å². The van der Waals surface area contributed by atoms with E-state index >= 15 is 0 Å². The van der Waals surface area contributed by atoms with Crippen molar-refractivity contribution >= 4 is 35.8 Å². The predicted octanol–water partition coefficient (Wildman–Crippen LogP) is 0.794. The maximum Gasteiger partial charge on any atom is 0.251 e. The Morgan fingerprint density at radius 2 is 1.67 bits per heavy atom. The molecule has 1 saturated carbocycles. The van der Waals surface area contributed by atoms with Crippen molar-refractivity contribution < 1.29 is 14.4 Å². The number of halogens is 1. The second-order valence-corrected chi connectivity index (χ2v) is 5.56. The van der Waals surface area contributed by atoms with Crippen LogP contribution in [0.25, 0.3) is 0 Å². The Bertz CT molecular complexity index is 571. The molecule has 8 heteroatoms. The molecule has 2 rings (SSSR count). The van der Waals surface area contributed by atoms with Crippen molar-refractivity contribution in [3.05, 3.63) is 29.8 Å². The average Bonchev–Trinajstić information content (AvgIpc) is 3.06. The minimum atomic E-state index is -0.390. The van der Waals surface area contributed by atoms with Crippen molar-refractivity contribution in [3.8, 4) is 0 Å². The molecule has 3 amide bonds. The molecular formula is C16H23ClN4O3. The minimum absolute atomic E-state index is 0. The van der Waals surface area contributed by atoms with E-state index < -0.39 is 0 Å². The minimum Gasteiger partial charge on any atom is -0.349 e. The van der Waals surface area contributed by atoms with Crippen LogP contribution < -0.4 is 21.7 Å². The van der Waals surface area contributed by atoms with Gasteiger partial charge in [0.15, 0.2) is 0 Å². The molecule has 7 nitrogen and oxygen atoms in total. The van der Waals surface area contributed by atoms with Gasteiger partial charge in [-0.15, -0.1) is 12.4 Å². The van der Waals surface area contributed by atoms with E-state index in [1.165, 1.54) is 0 Å². The third kappa shape index (κ3) is 6.17. The highest BCUT2D eigenvalue weighted by molar-refractivity contribution is 5.97. The summed E-state index contributed by atoms with van der Waals surface area (Å²) in [6.45, 7) is -0.294. The zero-order chi connectivity index (χ0) is 16.7. The lowest BCUT2D eigenvalue weighted by Gasteiger charge is -2.12. The molecule has 0 spiro atoms. The van der Waals surface area contributed by atoms with E-state index in [4.69, 9.17) is 5.73 Å². The second-order valence-electron chi connectivity index (χ2n) is 5.56. The molecule has 1 aromatic rings. The van der Waals surface area contributed by atoms with Crippen molar-refractivity contribution in [1.29, 1.82) is 0 Å². The van der Waals surface area contributed by atoms with E-state index in [0.717, 1.165) is 25.7 Å². The van der Waals surface area contributed by atoms with E-state index in [1.54, 1.807) is 24.3 Å². The molecule has 5 N–H and O–H groups in total. The predicted molar refractivity (Wildman–Crippen MR) is 94.1 cm³/mol. The smallest absolute Gasteiger partial charge is 0.251 e. The quantitative estimate of drug-likeness (QED) is 0.605. The van der Waals surface area contributed by atoms with Crippen molar-refractivity contribution in [2.45, 2.75) is 31.7 Å². The van der Waals surface area contributed by atoms with Crippen LogP contribution in [0, 0.1) is 0 Å². The zero-order valence-corrected chi connectivity index (χ0v) is 14.2. The van der Waals surface area contributed by atoms with Crippen LogP contribution in [0.1, 0.15) is 36.0 Å². The summed E-state index contributed by atoms with van der Waals surface area (Å²) in [6.07, 6.45) is 4.40. The van der Waals surface area contributed by atoms with Gasteiger partial charge in [0.2, 0.25) is 11.8 Å². The van der Waals surface area contributed by atoms with Gasteiger partial charge in [0.25, 0.3) is 5.91 Å². The summed E-state index contributed by atoms with van der Waals surface area (Å²) in [5.41, 5.74) is 6.26. The fourth-order valence-electron chi connectivity index (χ4n) is 2.50. The van der Waals surface area contributed by atoms with Gasteiger partial charge in [0, 0.05) is 17.3 Å². The largest absolute Gasteiger partial charge is 0.349 e. The molecule has 0 bridgehead atoms. The summed E-state index contributed by atoms with van der Waals surface area (Å²) in [6, 6.07) is 6.92. The van der Waals surface area contributed by atoms with E-state index in [-0.39, 0.29) is 49.3 Å². The Morgan fingerprint density at radius 3 is 2.25 bits per heavy atom. The molecule has 0 heterocycles. The Balaban J connectivity index is 0.00000288. The van der Waals surface area contributed by atoms with Crippen LogP contribution in [0.3, 0.4) is 0 Å². The number of hydrogen-bond donors (Lipinski definition) is 4. The van der Waals surface area contributed by atoms with Gasteiger partial charge in [0.1, 0.15) is 0 Å². The van der Waals surface area contributed by atoms with Crippen LogP contribution >= 0.6 is 12.4 Å². The van der Waals surface area contributed by atoms with Crippen molar-refractivity contribution in [1.82, 2.24) is 10.6 Å². The van der Waals surface area contributed by atoms with Gasteiger partial charge < -0.3 is 21.7 Å². The molecule has 0 atom stereocenters. The standard InChI is InChI=1S/C16H22N4O3.ClH/c17-9-14(21)18-10-15(22)19-13-7-5-11(6-8-13)16(23)20-12-3-1-2-4-12;/h5-8,12H,1-4,9-10,17H2,(H,18,21)(H,19,22)(H,20,23);1H. The van der Waals surface area contributed by atoms with Crippen LogP contribution in [0.15, 0.2) is 24.3 Å². The number of amides is 3. The summed E-state index contributed by atoms with van der Waals surface area (Å²) >= 11 is 0. The topological polar surface area (TPSA) is 113 Å². The number of nitrogens with one attached hydrogen (secondary N) is 3. The monoisotopic (exact) mass is 354 g/mol. The van der Waals surface area contributed by atoms with Crippen molar-refractivity contribution in [2.75, 3.05) is 18.4 Å². The SMILES string of the molecule is Cl.NCC(=O)NCC(=O)Nc1ccc(C(=O)NC2CCCC2)cc1. The molecule has 1 fully saturated rings. The zero-order valence-electron chi connectivity index (χ0n) is 13.3. The summed E-state index contributed by atoms with van der Waals surface area (Å²) in [7, 11) is 0. The fraction of sp³-hybridized carbons (Fsp3) is 0.438. The fourth-order valence-corrected chi connectivity index (χ4v) is 2.50. The molecule has 1 aliphatic carbocycles. The number of carbonyl (C=O) groups excluding carboxylic acids is 3. The Kier molecular flexibility index (Phi) is 8.21. The van der Waals surface area contributed by atoms with E-state index in [1.807, 2.05) is 0 Å². The van der Waals surface area contributed by atoms with Crippen molar-refractivity contribution in [3.63, 3.8) is 0 Å². The molecule has 0 radical (unpaired) electrons. The summed E-state index contributed by atoms with van der Waals surface area (Å²) in [5.74, 6) is -0.834. The maximum atomic E-state index is 12.1. The summed E-state index contributed by atoms with van der Waals surface area (Å²) in [5, 5.41) is 8.03. The first-order chi connectivity index (χ1) is 11.1. The normalized spacial score (nSPS) is 13.7. The van der Waals surface area contributed by atoms with Gasteiger partial charge in [-0.2, -0.15) is 0 Å². The molecule has 0 aliphatic heterocycles.